The first-order valence-electron chi connectivity index (χ1n) is 12.1. The van der Waals surface area contributed by atoms with E-state index in [1.54, 1.807) is 26.0 Å². The molecule has 0 radical (unpaired) electrons. The van der Waals surface area contributed by atoms with Crippen LogP contribution in [0.15, 0.2) is 84.9 Å². The van der Waals surface area contributed by atoms with Crippen LogP contribution in [-0.4, -0.2) is 11.9 Å². The zero-order valence-electron chi connectivity index (χ0n) is 20.4. The molecule has 0 unspecified atom stereocenters. The summed E-state index contributed by atoms with van der Waals surface area (Å²) < 4.78 is 10.9. The molecule has 0 heterocycles. The molecule has 0 aromatic heterocycles. The molecule has 4 aromatic carbocycles. The van der Waals surface area contributed by atoms with Gasteiger partial charge in [0.1, 0.15) is 11.5 Å². The smallest absolute Gasteiger partial charge is 0.310 e. The van der Waals surface area contributed by atoms with Gasteiger partial charge in [0.25, 0.3) is 0 Å². The fraction of sp³-hybridized carbons (Fsp3) is 0.161. The van der Waals surface area contributed by atoms with Crippen molar-refractivity contribution >= 4 is 35.1 Å². The van der Waals surface area contributed by atoms with Gasteiger partial charge in [-0.05, 0) is 57.6 Å². The van der Waals surface area contributed by atoms with Gasteiger partial charge in [-0.15, -0.1) is 0 Å². The second-order valence-corrected chi connectivity index (χ2v) is 9.60. The highest BCUT2D eigenvalue weighted by Crippen LogP contribution is 2.57. The molecule has 0 spiro atoms. The summed E-state index contributed by atoms with van der Waals surface area (Å²) in [4.78, 5) is 23.8. The molecule has 6 heteroatoms. The zero-order chi connectivity index (χ0) is 26.2. The van der Waals surface area contributed by atoms with Crippen molar-refractivity contribution in [1.29, 1.82) is 0 Å². The molecule has 4 aromatic rings. The molecule has 0 saturated heterocycles. The Morgan fingerprint density at radius 2 is 1.05 bits per heavy atom. The first-order valence-corrected chi connectivity index (χ1v) is 12.9. The van der Waals surface area contributed by atoms with Crippen LogP contribution in [0.3, 0.4) is 0 Å². The van der Waals surface area contributed by atoms with E-state index in [0.29, 0.717) is 21.5 Å². The van der Waals surface area contributed by atoms with Crippen molar-refractivity contribution in [3.63, 3.8) is 0 Å². The molecule has 1 aliphatic carbocycles. The molecule has 5 rings (SSSR count). The van der Waals surface area contributed by atoms with Crippen LogP contribution in [-0.2, 0) is 15.0 Å². The van der Waals surface area contributed by atoms with Gasteiger partial charge in [-0.2, -0.15) is 0 Å². The Hall–Kier alpha value is -3.60. The van der Waals surface area contributed by atoms with Gasteiger partial charge in [-0.3, -0.25) is 9.59 Å². The molecular weight excluding hydrogens is 507 g/mol. The van der Waals surface area contributed by atoms with Crippen LogP contribution < -0.4 is 9.47 Å². The molecule has 0 fully saturated rings. The maximum Gasteiger partial charge on any atom is 0.310 e. The number of ether oxygens (including phenoxy) is 2. The van der Waals surface area contributed by atoms with Gasteiger partial charge < -0.3 is 9.47 Å². The largest absolute Gasteiger partial charge is 0.425 e. The highest BCUT2D eigenvalue weighted by Gasteiger charge is 2.46. The van der Waals surface area contributed by atoms with Crippen molar-refractivity contribution in [2.75, 3.05) is 0 Å². The lowest BCUT2D eigenvalue weighted by Gasteiger charge is -2.34. The monoisotopic (exact) mass is 530 g/mol. The number of rotatable bonds is 6. The summed E-state index contributed by atoms with van der Waals surface area (Å²) in [6.45, 7) is 3.47. The maximum absolute atomic E-state index is 11.9. The van der Waals surface area contributed by atoms with Crippen LogP contribution in [0.1, 0.15) is 48.9 Å². The predicted molar refractivity (Wildman–Crippen MR) is 146 cm³/mol. The van der Waals surface area contributed by atoms with E-state index in [9.17, 15) is 9.59 Å². The summed E-state index contributed by atoms with van der Waals surface area (Å²) in [5.74, 6) is -0.0893. The second kappa shape index (κ2) is 10.0. The van der Waals surface area contributed by atoms with Crippen molar-refractivity contribution in [3.05, 3.63) is 117 Å². The average Bonchev–Trinajstić information content (AvgIpc) is 3.22. The molecule has 1 aliphatic rings. The third-order valence-corrected chi connectivity index (χ3v) is 7.30. The van der Waals surface area contributed by atoms with Crippen LogP contribution in [0.25, 0.3) is 11.1 Å². The lowest BCUT2D eigenvalue weighted by molar-refractivity contribution is -0.134. The van der Waals surface area contributed by atoms with Crippen molar-refractivity contribution in [3.8, 4) is 22.6 Å². The van der Waals surface area contributed by atoms with Crippen molar-refractivity contribution in [2.45, 2.75) is 32.1 Å². The zero-order valence-corrected chi connectivity index (χ0v) is 21.9. The van der Waals surface area contributed by atoms with Gasteiger partial charge in [-0.25, -0.2) is 0 Å². The van der Waals surface area contributed by atoms with Crippen LogP contribution in [0, 0.1) is 0 Å². The Labute approximate surface area is 225 Å². The third kappa shape index (κ3) is 4.20. The number of benzene rings is 4. The number of fused-ring (bicyclic) bond motifs is 3. The van der Waals surface area contributed by atoms with E-state index < -0.39 is 5.41 Å². The second-order valence-electron chi connectivity index (χ2n) is 8.79. The molecule has 37 heavy (non-hydrogen) atoms. The molecule has 0 saturated carbocycles. The standard InChI is InChI=1S/C31H24Cl2O4/c1-3-29(34)36-27-15-13-19(17-25(27)32)31(20-14-16-28(26(33)18-20)37-30(35)4-2)23-11-7-5-9-21(23)22-10-6-8-12-24(22)31/h5-18H,3-4H2,1-2H3. The van der Waals surface area contributed by atoms with E-state index >= 15 is 0 Å². The Morgan fingerprint density at radius 3 is 1.43 bits per heavy atom. The van der Waals surface area contributed by atoms with Gasteiger partial charge in [0.05, 0.1) is 15.5 Å². The van der Waals surface area contributed by atoms with E-state index in [2.05, 4.69) is 24.3 Å². The summed E-state index contributed by atoms with van der Waals surface area (Å²) in [7, 11) is 0. The number of carbonyl (C=O) groups excluding carboxylic acids is 2. The number of hydrogen-bond acceptors (Lipinski definition) is 4. The minimum absolute atomic E-state index is 0.246. The van der Waals surface area contributed by atoms with Crippen LogP contribution in [0.5, 0.6) is 11.5 Å². The van der Waals surface area contributed by atoms with E-state index in [-0.39, 0.29) is 24.8 Å². The van der Waals surface area contributed by atoms with Crippen molar-refractivity contribution < 1.29 is 19.1 Å². The number of halogens is 2. The number of carbonyl (C=O) groups is 2. The minimum atomic E-state index is -0.763. The predicted octanol–water partition coefficient (Wildman–Crippen LogP) is 7.99. The quantitative estimate of drug-likeness (QED) is 0.165. The minimum Gasteiger partial charge on any atom is -0.425 e. The first kappa shape index (κ1) is 25.1. The van der Waals surface area contributed by atoms with Crippen LogP contribution >= 0.6 is 23.2 Å². The molecule has 0 aliphatic heterocycles. The van der Waals surface area contributed by atoms with Crippen molar-refractivity contribution in [1.82, 2.24) is 0 Å². The van der Waals surface area contributed by atoms with Gasteiger partial charge in [0, 0.05) is 12.8 Å². The summed E-state index contributed by atoms with van der Waals surface area (Å²) in [5.41, 5.74) is 5.36. The summed E-state index contributed by atoms with van der Waals surface area (Å²) >= 11 is 13.4. The van der Waals surface area contributed by atoms with Gasteiger partial charge in [0.15, 0.2) is 0 Å². The van der Waals surface area contributed by atoms with Crippen LogP contribution in [0.2, 0.25) is 10.0 Å². The van der Waals surface area contributed by atoms with Gasteiger partial charge in [-0.1, -0.05) is 97.7 Å². The topological polar surface area (TPSA) is 52.6 Å². The summed E-state index contributed by atoms with van der Waals surface area (Å²) in [5, 5.41) is 0.667. The molecule has 0 N–H and O–H groups in total. The fourth-order valence-corrected chi connectivity index (χ4v) is 5.49. The third-order valence-electron chi connectivity index (χ3n) is 6.71. The maximum atomic E-state index is 11.9. The van der Waals surface area contributed by atoms with E-state index in [0.717, 1.165) is 33.4 Å². The molecule has 186 valence electrons. The fourth-order valence-electron chi connectivity index (χ4n) is 5.05. The SMILES string of the molecule is CCC(=O)Oc1ccc(C2(c3ccc(OC(=O)CC)c(Cl)c3)c3ccccc3-c3ccccc32)cc1Cl. The van der Waals surface area contributed by atoms with Crippen molar-refractivity contribution in [2.24, 2.45) is 0 Å². The Balaban J connectivity index is 1.78. The van der Waals surface area contributed by atoms with Gasteiger partial charge in [0.2, 0.25) is 0 Å². The number of hydrogen-bond donors (Lipinski definition) is 0. The lowest BCUT2D eigenvalue weighted by atomic mass is 9.67. The Morgan fingerprint density at radius 1 is 0.649 bits per heavy atom. The highest BCUT2D eigenvalue weighted by atomic mass is 35.5. The number of esters is 2. The lowest BCUT2D eigenvalue weighted by Crippen LogP contribution is -2.28. The first-order chi connectivity index (χ1) is 17.9. The highest BCUT2D eigenvalue weighted by molar-refractivity contribution is 6.32. The molecule has 0 amide bonds. The summed E-state index contributed by atoms with van der Waals surface area (Å²) in [6, 6.07) is 27.5. The summed E-state index contributed by atoms with van der Waals surface area (Å²) in [6.07, 6.45) is 0.493. The molecular formula is C31H24Cl2O4. The van der Waals surface area contributed by atoms with Gasteiger partial charge >= 0.3 is 11.9 Å². The van der Waals surface area contributed by atoms with Crippen LogP contribution in [0.4, 0.5) is 0 Å². The molecule has 0 atom stereocenters. The van der Waals surface area contributed by atoms with E-state index in [1.807, 2.05) is 48.5 Å². The average molecular weight is 531 g/mol. The Bertz CT molecular complexity index is 1410. The normalized spacial score (nSPS) is 13.0. The van der Waals surface area contributed by atoms with E-state index in [1.165, 1.54) is 0 Å². The van der Waals surface area contributed by atoms with E-state index in [4.69, 9.17) is 32.7 Å². The Kier molecular flexibility index (Phi) is 6.80. The molecule has 4 nitrogen and oxygen atoms in total. The molecule has 0 bridgehead atoms.